The average molecular weight is 297 g/mol. The molecule has 2 aromatic carbocycles. The van der Waals surface area contributed by atoms with Crippen LogP contribution in [0.5, 0.6) is 0 Å². The fraction of sp³-hybridized carbons (Fsp3) is 0.421. The Kier molecular flexibility index (Phi) is 4.27. The summed E-state index contributed by atoms with van der Waals surface area (Å²) in [5.74, 6) is 0.204. The van der Waals surface area contributed by atoms with Gasteiger partial charge in [-0.3, -0.25) is 9.69 Å². The normalized spacial score (nSPS) is 22.9. The maximum Gasteiger partial charge on any atom is 0.177 e. The molecule has 0 N–H and O–H groups in total. The molecule has 0 spiro atoms. The molecule has 0 aromatic heterocycles. The Bertz CT molecular complexity index is 685. The minimum Gasteiger partial charge on any atom is -0.373 e. The zero-order chi connectivity index (χ0) is 15.7. The second kappa shape index (κ2) is 6.19. The third kappa shape index (κ3) is 3.06. The van der Waals surface area contributed by atoms with Gasteiger partial charge < -0.3 is 4.74 Å². The highest BCUT2D eigenvalue weighted by molar-refractivity contribution is 6.10. The van der Waals surface area contributed by atoms with Gasteiger partial charge >= 0.3 is 0 Å². The summed E-state index contributed by atoms with van der Waals surface area (Å²) in [6.45, 7) is 8.25. The lowest BCUT2D eigenvalue weighted by Gasteiger charge is -2.34. The van der Waals surface area contributed by atoms with E-state index in [1.807, 2.05) is 31.2 Å². The van der Waals surface area contributed by atoms with E-state index in [1.54, 1.807) is 0 Å². The van der Waals surface area contributed by atoms with Gasteiger partial charge in [-0.1, -0.05) is 36.4 Å². The van der Waals surface area contributed by atoms with Gasteiger partial charge in [0.25, 0.3) is 0 Å². The zero-order valence-corrected chi connectivity index (χ0v) is 13.5. The molecule has 0 amide bonds. The van der Waals surface area contributed by atoms with Crippen molar-refractivity contribution in [1.29, 1.82) is 0 Å². The molecule has 22 heavy (non-hydrogen) atoms. The smallest absolute Gasteiger partial charge is 0.177 e. The molecule has 3 nitrogen and oxygen atoms in total. The van der Waals surface area contributed by atoms with Crippen LogP contribution in [0, 0.1) is 6.92 Å². The van der Waals surface area contributed by atoms with E-state index in [-0.39, 0.29) is 18.0 Å². The van der Waals surface area contributed by atoms with Gasteiger partial charge in [0.05, 0.1) is 18.8 Å². The molecule has 2 aromatic rings. The lowest BCUT2D eigenvalue weighted by Crippen LogP contribution is -2.47. The fourth-order valence-corrected chi connectivity index (χ4v) is 3.45. The lowest BCUT2D eigenvalue weighted by molar-refractivity contribution is -0.0652. The first-order valence-corrected chi connectivity index (χ1v) is 7.94. The molecule has 0 aliphatic carbocycles. The first kappa shape index (κ1) is 15.2. The number of carbonyl (C=O) groups excluding carboxylic acids is 1. The number of benzene rings is 2. The second-order valence-corrected chi connectivity index (χ2v) is 6.35. The van der Waals surface area contributed by atoms with Crippen LogP contribution in [0.3, 0.4) is 0 Å². The highest BCUT2D eigenvalue weighted by Crippen LogP contribution is 2.23. The molecule has 116 valence electrons. The molecule has 3 heteroatoms. The summed E-state index contributed by atoms with van der Waals surface area (Å²) in [6, 6.07) is 12.2. The number of ketones is 1. The Morgan fingerprint density at radius 3 is 2.55 bits per heavy atom. The quantitative estimate of drug-likeness (QED) is 0.813. The highest BCUT2D eigenvalue weighted by atomic mass is 16.5. The largest absolute Gasteiger partial charge is 0.373 e. The van der Waals surface area contributed by atoms with Gasteiger partial charge in [-0.05, 0) is 37.1 Å². The number of hydrogen-bond donors (Lipinski definition) is 0. The third-order valence-corrected chi connectivity index (χ3v) is 4.28. The lowest BCUT2D eigenvalue weighted by atomic mass is 9.96. The highest BCUT2D eigenvalue weighted by Gasteiger charge is 2.25. The van der Waals surface area contributed by atoms with Gasteiger partial charge in [0.2, 0.25) is 0 Å². The van der Waals surface area contributed by atoms with Crippen LogP contribution in [-0.2, 0) is 4.74 Å². The van der Waals surface area contributed by atoms with Crippen LogP contribution in [0.1, 0.15) is 29.8 Å². The van der Waals surface area contributed by atoms with Crippen molar-refractivity contribution >= 4 is 16.6 Å². The number of ether oxygens (including phenoxy) is 1. The number of hydrogen-bond acceptors (Lipinski definition) is 3. The van der Waals surface area contributed by atoms with Crippen LogP contribution in [0.15, 0.2) is 36.4 Å². The van der Waals surface area contributed by atoms with Crippen LogP contribution in [0.4, 0.5) is 0 Å². The van der Waals surface area contributed by atoms with E-state index in [2.05, 4.69) is 30.9 Å². The van der Waals surface area contributed by atoms with Crippen LogP contribution in [0.2, 0.25) is 0 Å². The summed E-state index contributed by atoms with van der Waals surface area (Å²) < 4.78 is 5.74. The number of rotatable bonds is 3. The molecule has 1 saturated heterocycles. The molecule has 1 heterocycles. The van der Waals surface area contributed by atoms with Gasteiger partial charge in [-0.15, -0.1) is 0 Å². The standard InChI is InChI=1S/C19H23NO2/c1-13-8-9-16-6-4-5-7-17(16)19(13)18(21)12-20-10-14(2)22-15(3)11-20/h4-9,14-15H,10-12H2,1-3H3. The van der Waals surface area contributed by atoms with E-state index < -0.39 is 0 Å². The zero-order valence-electron chi connectivity index (χ0n) is 13.5. The predicted octanol–water partition coefficient (Wildman–Crippen LogP) is 3.44. The first-order valence-electron chi connectivity index (χ1n) is 7.94. The van der Waals surface area contributed by atoms with Gasteiger partial charge in [-0.25, -0.2) is 0 Å². The maximum absolute atomic E-state index is 12.9. The van der Waals surface area contributed by atoms with E-state index in [9.17, 15) is 4.79 Å². The molecule has 0 saturated carbocycles. The topological polar surface area (TPSA) is 29.5 Å². The van der Waals surface area contributed by atoms with Crippen LogP contribution < -0.4 is 0 Å². The second-order valence-electron chi connectivity index (χ2n) is 6.35. The Morgan fingerprint density at radius 2 is 1.82 bits per heavy atom. The van der Waals surface area contributed by atoms with Crippen molar-refractivity contribution in [2.24, 2.45) is 0 Å². The third-order valence-electron chi connectivity index (χ3n) is 4.28. The SMILES string of the molecule is Cc1ccc2ccccc2c1C(=O)CN1CC(C)OC(C)C1. The van der Waals surface area contributed by atoms with E-state index in [0.717, 1.165) is 35.0 Å². The number of carbonyl (C=O) groups is 1. The summed E-state index contributed by atoms with van der Waals surface area (Å²) >= 11 is 0. The molecule has 1 aliphatic rings. The predicted molar refractivity (Wildman–Crippen MR) is 89.5 cm³/mol. The maximum atomic E-state index is 12.9. The molecule has 1 aliphatic heterocycles. The van der Waals surface area contributed by atoms with Gasteiger partial charge in [0, 0.05) is 18.7 Å². The van der Waals surface area contributed by atoms with Crippen molar-refractivity contribution < 1.29 is 9.53 Å². The van der Waals surface area contributed by atoms with Crippen molar-refractivity contribution in [3.8, 4) is 0 Å². The summed E-state index contributed by atoms with van der Waals surface area (Å²) in [5, 5.41) is 2.18. The van der Waals surface area contributed by atoms with Crippen LogP contribution in [0.25, 0.3) is 10.8 Å². The first-order chi connectivity index (χ1) is 10.5. The minimum atomic E-state index is 0.185. The van der Waals surface area contributed by atoms with Crippen molar-refractivity contribution in [2.45, 2.75) is 33.0 Å². The van der Waals surface area contributed by atoms with E-state index in [4.69, 9.17) is 4.74 Å². The van der Waals surface area contributed by atoms with Crippen molar-refractivity contribution in [3.05, 3.63) is 47.5 Å². The Balaban J connectivity index is 1.88. The summed E-state index contributed by atoms with van der Waals surface area (Å²) in [6.07, 6.45) is 0.371. The van der Waals surface area contributed by atoms with Crippen molar-refractivity contribution in [1.82, 2.24) is 4.90 Å². The molecule has 2 unspecified atom stereocenters. The molecule has 0 bridgehead atoms. The van der Waals surface area contributed by atoms with Gasteiger partial charge in [0.15, 0.2) is 5.78 Å². The summed E-state index contributed by atoms with van der Waals surface area (Å²) in [4.78, 5) is 15.1. The molecule has 2 atom stereocenters. The number of morpholine rings is 1. The van der Waals surface area contributed by atoms with E-state index in [0.29, 0.717) is 6.54 Å². The molecule has 3 rings (SSSR count). The summed E-state index contributed by atoms with van der Waals surface area (Å²) in [5.41, 5.74) is 1.92. The molecular weight excluding hydrogens is 274 g/mol. The monoisotopic (exact) mass is 297 g/mol. The molecular formula is C19H23NO2. The van der Waals surface area contributed by atoms with Gasteiger partial charge in [-0.2, -0.15) is 0 Å². The Hall–Kier alpha value is -1.71. The number of fused-ring (bicyclic) bond motifs is 1. The van der Waals surface area contributed by atoms with Crippen molar-refractivity contribution in [3.63, 3.8) is 0 Å². The average Bonchev–Trinajstić information content (AvgIpc) is 2.45. The molecule has 1 fully saturated rings. The van der Waals surface area contributed by atoms with E-state index in [1.165, 1.54) is 0 Å². The Labute approximate surface area is 131 Å². The molecule has 0 radical (unpaired) electrons. The fourth-order valence-electron chi connectivity index (χ4n) is 3.45. The van der Waals surface area contributed by atoms with Gasteiger partial charge in [0.1, 0.15) is 0 Å². The summed E-state index contributed by atoms with van der Waals surface area (Å²) in [7, 11) is 0. The van der Waals surface area contributed by atoms with Crippen LogP contribution in [-0.4, -0.2) is 42.5 Å². The Morgan fingerprint density at radius 1 is 1.14 bits per heavy atom. The van der Waals surface area contributed by atoms with Crippen LogP contribution >= 0.6 is 0 Å². The van der Waals surface area contributed by atoms with E-state index >= 15 is 0 Å². The van der Waals surface area contributed by atoms with Crippen molar-refractivity contribution in [2.75, 3.05) is 19.6 Å². The number of nitrogens with zero attached hydrogens (tertiary/aromatic N) is 1. The number of Topliss-reactive ketones (excluding diaryl/α,β-unsaturated/α-hetero) is 1. The number of aryl methyl sites for hydroxylation is 1. The minimum absolute atomic E-state index is 0.185.